The van der Waals surface area contributed by atoms with E-state index in [4.69, 9.17) is 4.74 Å². The quantitative estimate of drug-likeness (QED) is 0.587. The minimum atomic E-state index is 0.863. The van der Waals surface area contributed by atoms with E-state index in [9.17, 15) is 0 Å². The molecule has 1 rings (SSSR count). The van der Waals surface area contributed by atoms with E-state index in [0.29, 0.717) is 0 Å². The van der Waals surface area contributed by atoms with Gasteiger partial charge in [0.2, 0.25) is 0 Å². The molecule has 1 aromatic rings. The van der Waals surface area contributed by atoms with E-state index in [-0.39, 0.29) is 0 Å². The summed E-state index contributed by atoms with van der Waals surface area (Å²) in [6.07, 6.45) is 1.79. The Balaban J connectivity index is 2.91. The third kappa shape index (κ3) is 2.08. The summed E-state index contributed by atoms with van der Waals surface area (Å²) in [7, 11) is 3.40. The molecule has 0 saturated carbocycles. The monoisotopic (exact) mass is 149 g/mol. The lowest BCUT2D eigenvalue weighted by atomic mass is 10.2. The summed E-state index contributed by atoms with van der Waals surface area (Å²) in [5.74, 6) is 0.863. The second-order valence-electron chi connectivity index (χ2n) is 2.16. The average Bonchev–Trinajstić information content (AvgIpc) is 2.06. The van der Waals surface area contributed by atoms with Crippen molar-refractivity contribution in [3.8, 4) is 5.75 Å². The topological polar surface area (TPSA) is 21.6 Å². The number of ether oxygens (including phenoxy) is 1. The molecule has 0 aliphatic carbocycles. The molecule has 0 amide bonds. The van der Waals surface area contributed by atoms with E-state index < -0.39 is 0 Å². The molecule has 0 aliphatic heterocycles. The van der Waals surface area contributed by atoms with Crippen molar-refractivity contribution in [2.24, 2.45) is 4.99 Å². The number of benzene rings is 1. The van der Waals surface area contributed by atoms with Crippen molar-refractivity contribution in [2.45, 2.75) is 0 Å². The molecule has 2 nitrogen and oxygen atoms in total. The standard InChI is InChI=1S/C9H11NO/c1-10-7-8-4-3-5-9(6-8)11-2/h3-7H,1-2H3. The van der Waals surface area contributed by atoms with E-state index in [0.717, 1.165) is 11.3 Å². The molecule has 0 aliphatic rings. The SMILES string of the molecule is CN=Cc1cccc(OC)c1. The van der Waals surface area contributed by atoms with Gasteiger partial charge >= 0.3 is 0 Å². The van der Waals surface area contributed by atoms with Crippen molar-refractivity contribution in [1.82, 2.24) is 0 Å². The minimum Gasteiger partial charge on any atom is -0.497 e. The predicted octanol–water partition coefficient (Wildman–Crippen LogP) is 1.74. The van der Waals surface area contributed by atoms with Gasteiger partial charge < -0.3 is 4.74 Å². The molecule has 0 unspecified atom stereocenters. The molecule has 0 saturated heterocycles. The number of nitrogens with zero attached hydrogens (tertiary/aromatic N) is 1. The summed E-state index contributed by atoms with van der Waals surface area (Å²) < 4.78 is 5.04. The molecule has 0 N–H and O–H groups in total. The lowest BCUT2D eigenvalue weighted by molar-refractivity contribution is 0.415. The first-order valence-electron chi connectivity index (χ1n) is 3.43. The van der Waals surface area contributed by atoms with Gasteiger partial charge in [-0.15, -0.1) is 0 Å². The van der Waals surface area contributed by atoms with Gasteiger partial charge in [0.15, 0.2) is 0 Å². The molecule has 58 valence electrons. The zero-order valence-electron chi connectivity index (χ0n) is 6.74. The smallest absolute Gasteiger partial charge is 0.119 e. The highest BCUT2D eigenvalue weighted by atomic mass is 16.5. The van der Waals surface area contributed by atoms with E-state index in [1.165, 1.54) is 0 Å². The molecule has 0 radical (unpaired) electrons. The van der Waals surface area contributed by atoms with Crippen LogP contribution in [-0.4, -0.2) is 20.4 Å². The maximum absolute atomic E-state index is 5.04. The first-order valence-corrected chi connectivity index (χ1v) is 3.43. The van der Waals surface area contributed by atoms with Gasteiger partial charge in [-0.25, -0.2) is 0 Å². The number of methoxy groups -OCH3 is 1. The Morgan fingerprint density at radius 3 is 2.91 bits per heavy atom. The summed E-state index contributed by atoms with van der Waals surface area (Å²) in [5.41, 5.74) is 1.06. The lowest BCUT2D eigenvalue weighted by Gasteiger charge is -1.98. The zero-order valence-corrected chi connectivity index (χ0v) is 6.74. The Kier molecular flexibility index (Phi) is 2.66. The molecule has 0 spiro atoms. The van der Waals surface area contributed by atoms with Crippen LogP contribution in [0.3, 0.4) is 0 Å². The molecular formula is C9H11NO. The van der Waals surface area contributed by atoms with E-state index in [1.54, 1.807) is 20.4 Å². The second kappa shape index (κ2) is 3.76. The predicted molar refractivity (Wildman–Crippen MR) is 46.5 cm³/mol. The normalized spacial score (nSPS) is 10.4. The third-order valence-electron chi connectivity index (χ3n) is 1.37. The van der Waals surface area contributed by atoms with Crippen LogP contribution in [0, 0.1) is 0 Å². The van der Waals surface area contributed by atoms with Crippen molar-refractivity contribution in [1.29, 1.82) is 0 Å². The van der Waals surface area contributed by atoms with Gasteiger partial charge in [-0.2, -0.15) is 0 Å². The van der Waals surface area contributed by atoms with Crippen molar-refractivity contribution < 1.29 is 4.74 Å². The van der Waals surface area contributed by atoms with Crippen molar-refractivity contribution in [2.75, 3.05) is 14.2 Å². The number of rotatable bonds is 2. The highest BCUT2D eigenvalue weighted by molar-refractivity contribution is 5.79. The van der Waals surface area contributed by atoms with Gasteiger partial charge in [0, 0.05) is 13.3 Å². The first-order chi connectivity index (χ1) is 5.36. The summed E-state index contributed by atoms with van der Waals surface area (Å²) in [6.45, 7) is 0. The van der Waals surface area contributed by atoms with E-state index in [1.807, 2.05) is 24.3 Å². The number of aliphatic imine (C=N–C) groups is 1. The van der Waals surface area contributed by atoms with Crippen LogP contribution in [0.2, 0.25) is 0 Å². The minimum absolute atomic E-state index is 0.863. The van der Waals surface area contributed by atoms with Gasteiger partial charge in [-0.1, -0.05) is 12.1 Å². The number of hydrogen-bond donors (Lipinski definition) is 0. The van der Waals surface area contributed by atoms with Crippen LogP contribution in [-0.2, 0) is 0 Å². The van der Waals surface area contributed by atoms with Crippen LogP contribution in [0.15, 0.2) is 29.3 Å². The highest BCUT2D eigenvalue weighted by Crippen LogP contribution is 2.10. The van der Waals surface area contributed by atoms with E-state index in [2.05, 4.69) is 4.99 Å². The van der Waals surface area contributed by atoms with Crippen LogP contribution in [0.4, 0.5) is 0 Å². The Labute approximate surface area is 66.5 Å². The summed E-state index contributed by atoms with van der Waals surface area (Å²) in [4.78, 5) is 3.90. The van der Waals surface area contributed by atoms with Gasteiger partial charge in [0.25, 0.3) is 0 Å². The maximum atomic E-state index is 5.04. The highest BCUT2D eigenvalue weighted by Gasteiger charge is 1.90. The maximum Gasteiger partial charge on any atom is 0.119 e. The average molecular weight is 149 g/mol. The molecule has 0 atom stereocenters. The van der Waals surface area contributed by atoms with Crippen molar-refractivity contribution in [3.63, 3.8) is 0 Å². The fourth-order valence-corrected chi connectivity index (χ4v) is 0.871. The Morgan fingerprint density at radius 2 is 2.27 bits per heavy atom. The summed E-state index contributed by atoms with van der Waals surface area (Å²) in [6, 6.07) is 7.77. The van der Waals surface area contributed by atoms with Gasteiger partial charge in [-0.3, -0.25) is 4.99 Å². The largest absolute Gasteiger partial charge is 0.497 e. The Bertz CT molecular complexity index is 255. The molecule has 11 heavy (non-hydrogen) atoms. The molecular weight excluding hydrogens is 138 g/mol. The fraction of sp³-hybridized carbons (Fsp3) is 0.222. The van der Waals surface area contributed by atoms with E-state index >= 15 is 0 Å². The molecule has 0 fully saturated rings. The molecule has 0 bridgehead atoms. The molecule has 0 heterocycles. The van der Waals surface area contributed by atoms with Crippen molar-refractivity contribution in [3.05, 3.63) is 29.8 Å². The fourth-order valence-electron chi connectivity index (χ4n) is 0.871. The molecule has 0 aromatic heterocycles. The zero-order chi connectivity index (χ0) is 8.10. The number of hydrogen-bond acceptors (Lipinski definition) is 2. The van der Waals surface area contributed by atoms with Crippen LogP contribution in [0.5, 0.6) is 5.75 Å². The van der Waals surface area contributed by atoms with Crippen LogP contribution >= 0.6 is 0 Å². The van der Waals surface area contributed by atoms with Crippen molar-refractivity contribution >= 4 is 6.21 Å². The Hall–Kier alpha value is -1.31. The molecule has 1 aromatic carbocycles. The van der Waals surface area contributed by atoms with Crippen LogP contribution in [0.1, 0.15) is 5.56 Å². The summed E-state index contributed by atoms with van der Waals surface area (Å²) >= 11 is 0. The van der Waals surface area contributed by atoms with Gasteiger partial charge in [0.1, 0.15) is 5.75 Å². The van der Waals surface area contributed by atoms with Gasteiger partial charge in [-0.05, 0) is 17.7 Å². The van der Waals surface area contributed by atoms with Crippen LogP contribution < -0.4 is 4.74 Å². The third-order valence-corrected chi connectivity index (χ3v) is 1.37. The first kappa shape index (κ1) is 7.79. The van der Waals surface area contributed by atoms with Crippen LogP contribution in [0.25, 0.3) is 0 Å². The second-order valence-corrected chi connectivity index (χ2v) is 2.16. The lowest BCUT2D eigenvalue weighted by Crippen LogP contribution is -1.84. The van der Waals surface area contributed by atoms with Gasteiger partial charge in [0.05, 0.1) is 7.11 Å². The Morgan fingerprint density at radius 1 is 1.45 bits per heavy atom. The molecule has 2 heteroatoms. The summed E-state index contributed by atoms with van der Waals surface area (Å²) in [5, 5.41) is 0.